The van der Waals surface area contributed by atoms with Crippen molar-refractivity contribution in [3.8, 4) is 11.1 Å². The monoisotopic (exact) mass is 333 g/mol. The van der Waals surface area contributed by atoms with Gasteiger partial charge in [-0.05, 0) is 0 Å². The minimum Gasteiger partial charge on any atom is -0.384 e. The second kappa shape index (κ2) is 5.03. The van der Waals surface area contributed by atoms with Crippen LogP contribution in [0.5, 0.6) is 0 Å². The largest absolute Gasteiger partial charge is 0.384 e. The molecule has 1 saturated heterocycles. The minimum atomic E-state index is -3.24. The SMILES string of the molecule is Nc1cc(C2CNCCS2(=O)=O)nc2c(-c3cn[nH]c3)cnn12. The Hall–Kier alpha value is -2.46. The zero-order chi connectivity index (χ0) is 16.0. The van der Waals surface area contributed by atoms with Gasteiger partial charge in [-0.15, -0.1) is 0 Å². The molecule has 0 amide bonds. The highest BCUT2D eigenvalue weighted by molar-refractivity contribution is 7.91. The van der Waals surface area contributed by atoms with Gasteiger partial charge in [-0.2, -0.15) is 14.7 Å². The van der Waals surface area contributed by atoms with Crippen molar-refractivity contribution in [1.82, 2.24) is 30.1 Å². The Kier molecular flexibility index (Phi) is 3.10. The first-order chi connectivity index (χ1) is 11.1. The van der Waals surface area contributed by atoms with E-state index in [0.29, 0.717) is 30.2 Å². The van der Waals surface area contributed by atoms with Crippen molar-refractivity contribution >= 4 is 21.3 Å². The molecular formula is C13H15N7O2S. The van der Waals surface area contributed by atoms with E-state index in [1.54, 1.807) is 24.7 Å². The molecule has 4 rings (SSSR count). The Balaban J connectivity index is 1.90. The van der Waals surface area contributed by atoms with E-state index in [1.165, 1.54) is 4.52 Å². The third-order valence-corrected chi connectivity index (χ3v) is 6.03. The molecule has 1 aliphatic heterocycles. The van der Waals surface area contributed by atoms with Crippen LogP contribution in [0.4, 0.5) is 5.82 Å². The van der Waals surface area contributed by atoms with Crippen LogP contribution in [0.3, 0.4) is 0 Å². The second-order valence-electron chi connectivity index (χ2n) is 5.45. The Bertz CT molecular complexity index is 962. The summed E-state index contributed by atoms with van der Waals surface area (Å²) >= 11 is 0. The predicted molar refractivity (Wildman–Crippen MR) is 84.4 cm³/mol. The smallest absolute Gasteiger partial charge is 0.165 e. The lowest BCUT2D eigenvalue weighted by Crippen LogP contribution is -2.39. The number of hydrogen-bond acceptors (Lipinski definition) is 7. The first-order valence-electron chi connectivity index (χ1n) is 7.12. The van der Waals surface area contributed by atoms with E-state index in [1.807, 2.05) is 0 Å². The summed E-state index contributed by atoms with van der Waals surface area (Å²) in [5.74, 6) is 0.443. The topological polar surface area (TPSA) is 131 Å². The highest BCUT2D eigenvalue weighted by Gasteiger charge is 2.32. The summed E-state index contributed by atoms with van der Waals surface area (Å²) < 4.78 is 26.1. The van der Waals surface area contributed by atoms with Gasteiger partial charge in [-0.1, -0.05) is 0 Å². The van der Waals surface area contributed by atoms with Crippen LogP contribution in [-0.4, -0.2) is 52.1 Å². The van der Waals surface area contributed by atoms with Crippen molar-refractivity contribution < 1.29 is 8.42 Å². The molecule has 23 heavy (non-hydrogen) atoms. The number of nitrogen functional groups attached to an aromatic ring is 1. The van der Waals surface area contributed by atoms with Crippen LogP contribution in [0, 0.1) is 0 Å². The normalized spacial score (nSPS) is 20.8. The van der Waals surface area contributed by atoms with Crippen molar-refractivity contribution in [1.29, 1.82) is 0 Å². The zero-order valence-electron chi connectivity index (χ0n) is 12.1. The summed E-state index contributed by atoms with van der Waals surface area (Å²) in [4.78, 5) is 4.53. The lowest BCUT2D eigenvalue weighted by Gasteiger charge is -2.23. The van der Waals surface area contributed by atoms with E-state index >= 15 is 0 Å². The maximum Gasteiger partial charge on any atom is 0.165 e. The molecule has 3 aromatic rings. The van der Waals surface area contributed by atoms with Gasteiger partial charge in [0.25, 0.3) is 0 Å². The molecule has 1 atom stereocenters. The predicted octanol–water partition coefficient (Wildman–Crippen LogP) is -0.239. The van der Waals surface area contributed by atoms with Crippen molar-refractivity contribution in [3.63, 3.8) is 0 Å². The molecule has 0 aromatic carbocycles. The molecule has 3 aromatic heterocycles. The summed E-state index contributed by atoms with van der Waals surface area (Å²) in [6, 6.07) is 1.58. The molecular weight excluding hydrogens is 318 g/mol. The summed E-state index contributed by atoms with van der Waals surface area (Å²) in [6.07, 6.45) is 5.02. The number of anilines is 1. The third kappa shape index (κ3) is 2.26. The molecule has 0 saturated carbocycles. The van der Waals surface area contributed by atoms with E-state index in [2.05, 4.69) is 25.6 Å². The van der Waals surface area contributed by atoms with Gasteiger partial charge in [0, 0.05) is 36.5 Å². The van der Waals surface area contributed by atoms with Gasteiger partial charge >= 0.3 is 0 Å². The van der Waals surface area contributed by atoms with E-state index in [4.69, 9.17) is 5.73 Å². The Morgan fingerprint density at radius 2 is 2.22 bits per heavy atom. The Morgan fingerprint density at radius 3 is 2.96 bits per heavy atom. The zero-order valence-corrected chi connectivity index (χ0v) is 12.9. The molecule has 4 N–H and O–H groups in total. The standard InChI is InChI=1S/C13H15N7O2S/c14-12-3-10(11-7-15-1-2-23(11,21)22)19-13-9(6-18-20(12)13)8-4-16-17-5-8/h3-6,11,15H,1-2,7,14H2,(H,16,17). The van der Waals surface area contributed by atoms with Gasteiger partial charge in [0.1, 0.15) is 11.1 Å². The van der Waals surface area contributed by atoms with Crippen molar-refractivity contribution in [3.05, 3.63) is 30.4 Å². The maximum atomic E-state index is 12.3. The molecule has 0 bridgehead atoms. The quantitative estimate of drug-likeness (QED) is 0.590. The minimum absolute atomic E-state index is 0.0955. The lowest BCUT2D eigenvalue weighted by molar-refractivity contribution is 0.548. The summed E-state index contributed by atoms with van der Waals surface area (Å²) in [5, 5.41) is 13.3. The number of rotatable bonds is 2. The first kappa shape index (κ1) is 14.2. The van der Waals surface area contributed by atoms with E-state index in [0.717, 1.165) is 11.1 Å². The first-order valence-corrected chi connectivity index (χ1v) is 8.83. The van der Waals surface area contributed by atoms with Crippen molar-refractivity contribution in [2.45, 2.75) is 5.25 Å². The van der Waals surface area contributed by atoms with Gasteiger partial charge in [-0.25, -0.2) is 13.4 Å². The molecule has 4 heterocycles. The number of aromatic amines is 1. The van der Waals surface area contributed by atoms with Gasteiger partial charge in [0.05, 0.1) is 23.8 Å². The van der Waals surface area contributed by atoms with Gasteiger partial charge in [-0.3, -0.25) is 5.10 Å². The van der Waals surface area contributed by atoms with Crippen LogP contribution in [0.15, 0.2) is 24.7 Å². The summed E-state index contributed by atoms with van der Waals surface area (Å²) in [7, 11) is -3.24. The third-order valence-electron chi connectivity index (χ3n) is 3.98. The lowest BCUT2D eigenvalue weighted by atomic mass is 10.2. The Morgan fingerprint density at radius 1 is 1.35 bits per heavy atom. The molecule has 120 valence electrons. The van der Waals surface area contributed by atoms with Crippen LogP contribution < -0.4 is 11.1 Å². The van der Waals surface area contributed by atoms with Crippen LogP contribution in [0.2, 0.25) is 0 Å². The van der Waals surface area contributed by atoms with E-state index in [-0.39, 0.29) is 5.75 Å². The fourth-order valence-electron chi connectivity index (χ4n) is 2.78. The highest BCUT2D eigenvalue weighted by atomic mass is 32.2. The highest BCUT2D eigenvalue weighted by Crippen LogP contribution is 2.29. The average molecular weight is 333 g/mol. The van der Waals surface area contributed by atoms with Crippen LogP contribution in [0.1, 0.15) is 10.9 Å². The fourth-order valence-corrected chi connectivity index (χ4v) is 4.35. The van der Waals surface area contributed by atoms with Crippen LogP contribution in [0.25, 0.3) is 16.8 Å². The van der Waals surface area contributed by atoms with Gasteiger partial charge in [0.2, 0.25) is 0 Å². The number of nitrogens with zero attached hydrogens (tertiary/aromatic N) is 4. The van der Waals surface area contributed by atoms with Gasteiger partial charge < -0.3 is 11.1 Å². The van der Waals surface area contributed by atoms with E-state index in [9.17, 15) is 8.42 Å². The molecule has 0 radical (unpaired) electrons. The molecule has 1 unspecified atom stereocenters. The average Bonchev–Trinajstić information content (AvgIpc) is 3.15. The molecule has 0 aliphatic carbocycles. The van der Waals surface area contributed by atoms with Crippen LogP contribution in [-0.2, 0) is 9.84 Å². The molecule has 9 nitrogen and oxygen atoms in total. The number of aromatic nitrogens is 5. The molecule has 10 heteroatoms. The number of H-pyrrole nitrogens is 1. The van der Waals surface area contributed by atoms with E-state index < -0.39 is 15.1 Å². The number of nitrogens with one attached hydrogen (secondary N) is 2. The van der Waals surface area contributed by atoms with Gasteiger partial charge in [0.15, 0.2) is 15.5 Å². The number of hydrogen-bond donors (Lipinski definition) is 3. The van der Waals surface area contributed by atoms with Crippen molar-refractivity contribution in [2.24, 2.45) is 0 Å². The summed E-state index contributed by atoms with van der Waals surface area (Å²) in [5.41, 5.74) is 8.55. The maximum absolute atomic E-state index is 12.3. The molecule has 1 aliphatic rings. The fraction of sp³-hybridized carbons (Fsp3) is 0.308. The van der Waals surface area contributed by atoms with Crippen LogP contribution >= 0.6 is 0 Å². The van der Waals surface area contributed by atoms with Crippen molar-refractivity contribution in [2.75, 3.05) is 24.6 Å². The number of nitrogens with two attached hydrogens (primary N) is 1. The molecule has 1 fully saturated rings. The Labute approximate surface area is 131 Å². The summed E-state index contributed by atoms with van der Waals surface area (Å²) in [6.45, 7) is 0.795. The number of sulfone groups is 1. The molecule has 0 spiro atoms. The second-order valence-corrected chi connectivity index (χ2v) is 7.75. The number of fused-ring (bicyclic) bond motifs is 1.